The van der Waals surface area contributed by atoms with Crippen LogP contribution in [0.15, 0.2) is 18.2 Å². The summed E-state index contributed by atoms with van der Waals surface area (Å²) >= 11 is 0. The van der Waals surface area contributed by atoms with Crippen molar-refractivity contribution in [3.05, 3.63) is 39.4 Å². The first kappa shape index (κ1) is 10.7. The highest BCUT2D eigenvalue weighted by atomic mass is 16.6. The van der Waals surface area contributed by atoms with Gasteiger partial charge in [0.25, 0.3) is 5.69 Å². The number of nitrogens with zero attached hydrogens (tertiary/aromatic N) is 1. The lowest BCUT2D eigenvalue weighted by Gasteiger charge is -2.11. The van der Waals surface area contributed by atoms with Gasteiger partial charge in [0.2, 0.25) is 0 Å². The summed E-state index contributed by atoms with van der Waals surface area (Å²) in [6, 6.07) is 4.76. The predicted molar refractivity (Wildman–Crippen MR) is 55.1 cm³/mol. The Morgan fingerprint density at radius 3 is 2.64 bits per heavy atom. The molecule has 0 aliphatic carbocycles. The van der Waals surface area contributed by atoms with Crippen molar-refractivity contribution in [2.45, 2.75) is 26.3 Å². The van der Waals surface area contributed by atoms with Gasteiger partial charge < -0.3 is 5.73 Å². The van der Waals surface area contributed by atoms with Crippen LogP contribution < -0.4 is 5.73 Å². The minimum atomic E-state index is -0.395. The molecule has 0 aromatic heterocycles. The Balaban J connectivity index is 3.07. The van der Waals surface area contributed by atoms with Crippen molar-refractivity contribution in [1.82, 2.24) is 0 Å². The van der Waals surface area contributed by atoms with E-state index in [1.165, 1.54) is 6.07 Å². The summed E-state index contributed by atoms with van der Waals surface area (Å²) in [5.41, 5.74) is 7.84. The van der Waals surface area contributed by atoms with Gasteiger partial charge in [-0.25, -0.2) is 0 Å². The summed E-state index contributed by atoms with van der Waals surface area (Å²) in [4.78, 5) is 10.1. The van der Waals surface area contributed by atoms with Crippen LogP contribution in [-0.4, -0.2) is 4.92 Å². The van der Waals surface area contributed by atoms with E-state index in [0.29, 0.717) is 0 Å². The Bertz CT molecular complexity index is 350. The van der Waals surface area contributed by atoms with Crippen LogP contribution in [0.2, 0.25) is 0 Å². The SMILES string of the molecule is CCC(N)c1ccc([N+](=O)[O-])cc1C. The highest BCUT2D eigenvalue weighted by Crippen LogP contribution is 2.22. The van der Waals surface area contributed by atoms with Crippen molar-refractivity contribution in [2.75, 3.05) is 0 Å². The molecule has 0 aliphatic rings. The van der Waals surface area contributed by atoms with Crippen molar-refractivity contribution < 1.29 is 4.92 Å². The molecule has 0 radical (unpaired) electrons. The average Bonchev–Trinajstić information content (AvgIpc) is 2.16. The lowest BCUT2D eigenvalue weighted by molar-refractivity contribution is -0.384. The van der Waals surface area contributed by atoms with Gasteiger partial charge in [-0.1, -0.05) is 13.0 Å². The van der Waals surface area contributed by atoms with E-state index >= 15 is 0 Å². The number of benzene rings is 1. The number of rotatable bonds is 3. The minimum Gasteiger partial charge on any atom is -0.324 e. The highest BCUT2D eigenvalue weighted by Gasteiger charge is 2.11. The van der Waals surface area contributed by atoms with Crippen molar-refractivity contribution in [3.8, 4) is 0 Å². The van der Waals surface area contributed by atoms with Crippen LogP contribution in [0, 0.1) is 17.0 Å². The van der Waals surface area contributed by atoms with Crippen LogP contribution in [0.3, 0.4) is 0 Å². The minimum absolute atomic E-state index is 0.0317. The van der Waals surface area contributed by atoms with Gasteiger partial charge in [0.05, 0.1) is 4.92 Å². The Hall–Kier alpha value is -1.42. The maximum Gasteiger partial charge on any atom is 0.269 e. The molecule has 4 heteroatoms. The molecule has 4 nitrogen and oxygen atoms in total. The standard InChI is InChI=1S/C10H14N2O2/c1-3-10(11)9-5-4-8(12(13)14)6-7(9)2/h4-6,10H,3,11H2,1-2H3. The Labute approximate surface area is 82.9 Å². The summed E-state index contributed by atoms with van der Waals surface area (Å²) in [5.74, 6) is 0. The second-order valence-corrected chi connectivity index (χ2v) is 3.31. The van der Waals surface area contributed by atoms with Crippen molar-refractivity contribution in [2.24, 2.45) is 5.73 Å². The first-order chi connectivity index (χ1) is 6.56. The van der Waals surface area contributed by atoms with E-state index < -0.39 is 4.92 Å². The normalized spacial score (nSPS) is 12.5. The predicted octanol–water partition coefficient (Wildman–Crippen LogP) is 2.31. The van der Waals surface area contributed by atoms with Crippen molar-refractivity contribution in [1.29, 1.82) is 0 Å². The zero-order valence-corrected chi connectivity index (χ0v) is 8.36. The fourth-order valence-corrected chi connectivity index (χ4v) is 1.41. The van der Waals surface area contributed by atoms with Crippen LogP contribution in [0.1, 0.15) is 30.5 Å². The van der Waals surface area contributed by atoms with Crippen LogP contribution >= 0.6 is 0 Å². The topological polar surface area (TPSA) is 69.2 Å². The quantitative estimate of drug-likeness (QED) is 0.593. The van der Waals surface area contributed by atoms with Crippen molar-refractivity contribution in [3.63, 3.8) is 0 Å². The molecule has 1 atom stereocenters. The summed E-state index contributed by atoms with van der Waals surface area (Å²) in [6.45, 7) is 3.84. The lowest BCUT2D eigenvalue weighted by Crippen LogP contribution is -2.10. The number of nitro benzene ring substituents is 1. The smallest absolute Gasteiger partial charge is 0.269 e. The Morgan fingerprint density at radius 2 is 2.21 bits per heavy atom. The fourth-order valence-electron chi connectivity index (χ4n) is 1.41. The first-order valence-corrected chi connectivity index (χ1v) is 4.56. The van der Waals surface area contributed by atoms with E-state index in [9.17, 15) is 10.1 Å². The number of hydrogen-bond acceptors (Lipinski definition) is 3. The lowest BCUT2D eigenvalue weighted by atomic mass is 10.00. The van der Waals surface area contributed by atoms with E-state index in [1.807, 2.05) is 13.8 Å². The second-order valence-electron chi connectivity index (χ2n) is 3.31. The van der Waals surface area contributed by atoms with Gasteiger partial charge in [-0.3, -0.25) is 10.1 Å². The number of nitro groups is 1. The molecule has 1 rings (SSSR count). The van der Waals surface area contributed by atoms with Crippen LogP contribution in [0.4, 0.5) is 5.69 Å². The summed E-state index contributed by atoms with van der Waals surface area (Å²) < 4.78 is 0. The van der Waals surface area contributed by atoms with Gasteiger partial charge in [0.15, 0.2) is 0 Å². The third-order valence-electron chi connectivity index (χ3n) is 2.30. The Morgan fingerprint density at radius 1 is 1.57 bits per heavy atom. The summed E-state index contributed by atoms with van der Waals surface area (Å²) in [7, 11) is 0. The molecular weight excluding hydrogens is 180 g/mol. The summed E-state index contributed by atoms with van der Waals surface area (Å²) in [5, 5.41) is 10.5. The van der Waals surface area contributed by atoms with Gasteiger partial charge in [-0.2, -0.15) is 0 Å². The molecule has 0 aliphatic heterocycles. The van der Waals surface area contributed by atoms with Gasteiger partial charge in [-0.05, 0) is 24.5 Å². The maximum absolute atomic E-state index is 10.5. The molecule has 1 unspecified atom stereocenters. The Kier molecular flexibility index (Phi) is 3.19. The molecule has 0 saturated carbocycles. The van der Waals surface area contributed by atoms with E-state index in [4.69, 9.17) is 5.73 Å². The highest BCUT2D eigenvalue weighted by molar-refractivity contribution is 5.40. The molecule has 0 spiro atoms. The molecule has 0 fully saturated rings. The van der Waals surface area contributed by atoms with E-state index in [0.717, 1.165) is 17.5 Å². The number of aryl methyl sites for hydroxylation is 1. The summed E-state index contributed by atoms with van der Waals surface area (Å²) in [6.07, 6.45) is 0.832. The van der Waals surface area contributed by atoms with Gasteiger partial charge in [0.1, 0.15) is 0 Å². The molecule has 2 N–H and O–H groups in total. The van der Waals surface area contributed by atoms with E-state index in [-0.39, 0.29) is 11.7 Å². The van der Waals surface area contributed by atoms with Gasteiger partial charge in [0, 0.05) is 18.2 Å². The number of hydrogen-bond donors (Lipinski definition) is 1. The molecule has 0 saturated heterocycles. The van der Waals surface area contributed by atoms with E-state index in [1.54, 1.807) is 12.1 Å². The van der Waals surface area contributed by atoms with Gasteiger partial charge in [-0.15, -0.1) is 0 Å². The second kappa shape index (κ2) is 4.19. The molecule has 0 bridgehead atoms. The molecule has 0 amide bonds. The molecule has 76 valence electrons. The fraction of sp³-hybridized carbons (Fsp3) is 0.400. The third kappa shape index (κ3) is 2.09. The largest absolute Gasteiger partial charge is 0.324 e. The molecular formula is C10H14N2O2. The number of non-ortho nitro benzene ring substituents is 1. The van der Waals surface area contributed by atoms with Crippen LogP contribution in [-0.2, 0) is 0 Å². The zero-order chi connectivity index (χ0) is 10.7. The van der Waals surface area contributed by atoms with Gasteiger partial charge >= 0.3 is 0 Å². The maximum atomic E-state index is 10.5. The van der Waals surface area contributed by atoms with E-state index in [2.05, 4.69) is 0 Å². The van der Waals surface area contributed by atoms with Crippen LogP contribution in [0.5, 0.6) is 0 Å². The third-order valence-corrected chi connectivity index (χ3v) is 2.30. The van der Waals surface area contributed by atoms with Crippen LogP contribution in [0.25, 0.3) is 0 Å². The first-order valence-electron chi connectivity index (χ1n) is 4.56. The molecule has 14 heavy (non-hydrogen) atoms. The van der Waals surface area contributed by atoms with Crippen molar-refractivity contribution >= 4 is 5.69 Å². The number of nitrogens with two attached hydrogens (primary N) is 1. The average molecular weight is 194 g/mol. The zero-order valence-electron chi connectivity index (χ0n) is 8.36. The monoisotopic (exact) mass is 194 g/mol. The molecule has 0 heterocycles. The molecule has 1 aromatic rings. The molecule has 1 aromatic carbocycles.